The predicted octanol–water partition coefficient (Wildman–Crippen LogP) is 3.23. The molecule has 0 saturated carbocycles. The largest absolute Gasteiger partial charge is 0.337 e. The second-order valence-corrected chi connectivity index (χ2v) is 8.14. The van der Waals surface area contributed by atoms with E-state index < -0.39 is 9.84 Å². The summed E-state index contributed by atoms with van der Waals surface area (Å²) >= 11 is 0. The van der Waals surface area contributed by atoms with Crippen molar-refractivity contribution in [2.75, 3.05) is 12.8 Å². The van der Waals surface area contributed by atoms with Gasteiger partial charge in [0.15, 0.2) is 9.84 Å². The molecule has 0 fully saturated rings. The van der Waals surface area contributed by atoms with Crippen LogP contribution >= 0.6 is 0 Å². The van der Waals surface area contributed by atoms with Gasteiger partial charge in [-0.3, -0.25) is 4.98 Å². The molecule has 3 aromatic rings. The summed E-state index contributed by atoms with van der Waals surface area (Å²) in [6.45, 7) is 2.06. The summed E-state index contributed by atoms with van der Waals surface area (Å²) < 4.78 is 39.9. The molecule has 2 heterocycles. The number of allylic oxidation sites excluding steroid dienone is 1. The fraction of sp³-hybridized carbons (Fsp3) is 0.211. The van der Waals surface area contributed by atoms with Crippen molar-refractivity contribution in [2.24, 2.45) is 5.73 Å². The Morgan fingerprint density at radius 3 is 2.58 bits per heavy atom. The quantitative estimate of drug-likeness (QED) is 0.745. The average Bonchev–Trinajstić information content (AvgIpc) is 2.86. The van der Waals surface area contributed by atoms with Crippen LogP contribution in [0, 0.1) is 6.92 Å². The summed E-state index contributed by atoms with van der Waals surface area (Å²) in [6.07, 6.45) is 5.86. The lowest BCUT2D eigenvalue weighted by molar-refractivity contribution is 0.555. The fourth-order valence-corrected chi connectivity index (χ4v) is 3.77. The lowest BCUT2D eigenvalue weighted by atomic mass is 10.0. The number of hydrogen-bond donors (Lipinski definition) is 1. The van der Waals surface area contributed by atoms with Crippen molar-refractivity contribution in [1.82, 2.24) is 9.55 Å². The van der Waals surface area contributed by atoms with Crippen LogP contribution in [-0.2, 0) is 16.4 Å². The Morgan fingerprint density at radius 2 is 1.96 bits per heavy atom. The second-order valence-electron chi connectivity index (χ2n) is 6.12. The third-order valence-electron chi connectivity index (χ3n) is 4.34. The molecule has 2 N–H and O–H groups in total. The van der Waals surface area contributed by atoms with Crippen LogP contribution in [0.2, 0.25) is 0 Å². The van der Waals surface area contributed by atoms with Crippen molar-refractivity contribution in [3.63, 3.8) is 0 Å². The van der Waals surface area contributed by atoms with Crippen molar-refractivity contribution in [3.8, 4) is 11.1 Å². The molecule has 1 aromatic carbocycles. The number of fused-ring (bicyclic) bond motifs is 1. The van der Waals surface area contributed by atoms with E-state index in [1.54, 1.807) is 30.6 Å². The highest BCUT2D eigenvalue weighted by Gasteiger charge is 2.19. The molecule has 2 aromatic heterocycles. The number of hydrogen-bond acceptors (Lipinski definition) is 4. The molecule has 0 aliphatic rings. The van der Waals surface area contributed by atoms with Crippen LogP contribution in [0.1, 0.15) is 5.69 Å². The van der Waals surface area contributed by atoms with Crippen molar-refractivity contribution < 1.29 is 12.8 Å². The predicted molar refractivity (Wildman–Crippen MR) is 101 cm³/mol. The Balaban J connectivity index is 2.33. The second kappa shape index (κ2) is 7.01. The Kier molecular flexibility index (Phi) is 4.93. The van der Waals surface area contributed by atoms with Crippen LogP contribution < -0.4 is 5.73 Å². The minimum absolute atomic E-state index is 0.0445. The first-order valence-corrected chi connectivity index (χ1v) is 10.00. The summed E-state index contributed by atoms with van der Waals surface area (Å²) in [5.41, 5.74) is 8.78. The van der Waals surface area contributed by atoms with Crippen molar-refractivity contribution >= 4 is 20.7 Å². The number of pyridine rings is 1. The van der Waals surface area contributed by atoms with Gasteiger partial charge in [0.2, 0.25) is 0 Å². The third kappa shape index (κ3) is 3.40. The molecule has 0 aliphatic heterocycles. The Morgan fingerprint density at radius 1 is 1.27 bits per heavy atom. The van der Waals surface area contributed by atoms with Gasteiger partial charge in [-0.15, -0.1) is 0 Å². The normalized spacial score (nSPS) is 12.7. The van der Waals surface area contributed by atoms with Crippen LogP contribution in [0.25, 0.3) is 22.0 Å². The van der Waals surface area contributed by atoms with Gasteiger partial charge >= 0.3 is 0 Å². The molecule has 7 heteroatoms. The van der Waals surface area contributed by atoms with E-state index in [1.807, 2.05) is 23.6 Å². The SMILES string of the molecule is Cc1c(-c2ccncc2)c2cc(S(C)(=O)=O)ccc2n1C/C(F)=C/CN. The number of aromatic nitrogens is 2. The van der Waals surface area contributed by atoms with Gasteiger partial charge in [0.1, 0.15) is 5.83 Å². The molecular formula is C19H20FN3O2S. The van der Waals surface area contributed by atoms with Crippen LogP contribution in [0.5, 0.6) is 0 Å². The molecule has 3 rings (SSSR count). The zero-order valence-electron chi connectivity index (χ0n) is 14.6. The van der Waals surface area contributed by atoms with Crippen molar-refractivity contribution in [3.05, 3.63) is 60.3 Å². The van der Waals surface area contributed by atoms with Gasteiger partial charge in [0.25, 0.3) is 0 Å². The van der Waals surface area contributed by atoms with E-state index in [-0.39, 0.29) is 23.8 Å². The topological polar surface area (TPSA) is 78.0 Å². The minimum atomic E-state index is -3.35. The Labute approximate surface area is 151 Å². The first kappa shape index (κ1) is 18.3. The number of benzene rings is 1. The third-order valence-corrected chi connectivity index (χ3v) is 5.45. The zero-order chi connectivity index (χ0) is 18.9. The maximum absolute atomic E-state index is 14.1. The van der Waals surface area contributed by atoms with E-state index in [2.05, 4.69) is 4.98 Å². The maximum atomic E-state index is 14.1. The standard InChI is InChI=1S/C19H20FN3O2S/c1-13-19(14-6-9-22-10-7-14)17-11-16(26(2,24)25)3-4-18(17)23(13)12-15(20)5-8-21/h3-7,9-11H,8,12,21H2,1-2H3/b15-5-. The fourth-order valence-electron chi connectivity index (χ4n) is 3.12. The lowest BCUT2D eigenvalue weighted by Gasteiger charge is -2.07. The van der Waals surface area contributed by atoms with Gasteiger partial charge in [-0.25, -0.2) is 12.8 Å². The summed E-state index contributed by atoms with van der Waals surface area (Å²) in [6, 6.07) is 8.62. The molecule has 0 saturated heterocycles. The first-order chi connectivity index (χ1) is 12.3. The minimum Gasteiger partial charge on any atom is -0.337 e. The van der Waals surface area contributed by atoms with E-state index in [0.29, 0.717) is 0 Å². The summed E-state index contributed by atoms with van der Waals surface area (Å²) in [7, 11) is -3.35. The van der Waals surface area contributed by atoms with E-state index in [0.717, 1.165) is 27.7 Å². The number of nitrogens with zero attached hydrogens (tertiary/aromatic N) is 2. The van der Waals surface area contributed by atoms with Crippen LogP contribution in [0.3, 0.4) is 0 Å². The van der Waals surface area contributed by atoms with E-state index >= 15 is 0 Å². The number of rotatable bonds is 5. The Bertz CT molecular complexity index is 1090. The highest BCUT2D eigenvalue weighted by atomic mass is 32.2. The van der Waals surface area contributed by atoms with Gasteiger partial charge in [-0.05, 0) is 48.9 Å². The first-order valence-electron chi connectivity index (χ1n) is 8.11. The van der Waals surface area contributed by atoms with E-state index in [9.17, 15) is 12.8 Å². The molecule has 0 amide bonds. The molecule has 0 unspecified atom stereocenters. The van der Waals surface area contributed by atoms with Crippen LogP contribution in [0.4, 0.5) is 4.39 Å². The lowest BCUT2D eigenvalue weighted by Crippen LogP contribution is -2.03. The van der Waals surface area contributed by atoms with Gasteiger partial charge in [0.05, 0.1) is 11.4 Å². The molecule has 0 spiro atoms. The highest BCUT2D eigenvalue weighted by Crippen LogP contribution is 2.36. The summed E-state index contributed by atoms with van der Waals surface area (Å²) in [5, 5.41) is 0.761. The number of nitrogens with two attached hydrogens (primary N) is 1. The molecule has 0 atom stereocenters. The molecule has 0 bridgehead atoms. The van der Waals surface area contributed by atoms with Gasteiger partial charge < -0.3 is 10.3 Å². The van der Waals surface area contributed by atoms with Crippen LogP contribution in [-0.4, -0.2) is 30.8 Å². The van der Waals surface area contributed by atoms with E-state index in [4.69, 9.17) is 5.73 Å². The molecule has 5 nitrogen and oxygen atoms in total. The van der Waals surface area contributed by atoms with Crippen molar-refractivity contribution in [1.29, 1.82) is 0 Å². The average molecular weight is 373 g/mol. The molecule has 0 aliphatic carbocycles. The summed E-state index contributed by atoms with van der Waals surface area (Å²) in [4.78, 5) is 4.26. The van der Waals surface area contributed by atoms with Crippen molar-refractivity contribution in [2.45, 2.75) is 18.4 Å². The molecule has 136 valence electrons. The number of sulfone groups is 1. The molecular weight excluding hydrogens is 353 g/mol. The highest BCUT2D eigenvalue weighted by molar-refractivity contribution is 7.90. The Hall–Kier alpha value is -2.51. The zero-order valence-corrected chi connectivity index (χ0v) is 15.4. The van der Waals surface area contributed by atoms with E-state index in [1.165, 1.54) is 12.3 Å². The number of halogens is 1. The molecule has 0 radical (unpaired) electrons. The summed E-state index contributed by atoms with van der Waals surface area (Å²) in [5.74, 6) is -0.332. The van der Waals surface area contributed by atoms with Crippen LogP contribution in [0.15, 0.2) is 59.5 Å². The van der Waals surface area contributed by atoms with Gasteiger partial charge in [0, 0.05) is 47.4 Å². The molecule has 26 heavy (non-hydrogen) atoms. The monoisotopic (exact) mass is 373 g/mol. The van der Waals surface area contributed by atoms with Gasteiger partial charge in [-0.1, -0.05) is 0 Å². The maximum Gasteiger partial charge on any atom is 0.175 e. The van der Waals surface area contributed by atoms with Gasteiger partial charge in [-0.2, -0.15) is 0 Å². The smallest absolute Gasteiger partial charge is 0.175 e.